The molecule has 0 fully saturated rings. The Labute approximate surface area is 143 Å². The third-order valence-corrected chi connectivity index (χ3v) is 5.96. The Morgan fingerprint density at radius 1 is 1.36 bits per heavy atom. The minimum Gasteiger partial charge on any atom is -0.493 e. The fourth-order valence-corrected chi connectivity index (χ4v) is 4.37. The summed E-state index contributed by atoms with van der Waals surface area (Å²) in [7, 11) is -2.30. The molecule has 0 saturated carbocycles. The van der Waals surface area contributed by atoms with Crippen LogP contribution in [0.5, 0.6) is 11.5 Å². The predicted molar refractivity (Wildman–Crippen MR) is 86.3 cm³/mol. The molecule has 3 aliphatic rings. The molecule has 0 aromatic heterocycles. The van der Waals surface area contributed by atoms with Crippen LogP contribution in [-0.2, 0) is 16.8 Å². The van der Waals surface area contributed by atoms with E-state index in [-0.39, 0.29) is 31.7 Å². The highest BCUT2D eigenvalue weighted by Crippen LogP contribution is 2.56. The molecule has 3 atom stereocenters. The number of quaternary nitrogens is 1. The standard InChI is InChI=1S/C17H19BF3NO3/c1-22(18(19,20)21)8-7-17-6-5-12(23)9-14(17)25-16-13(24-2)4-3-11(10-22)15(16)17/h3-6,14H,7-10H2,1-2H3/t14-,17-,22?/m0/s1. The number of carbonyl (C=O) groups excluding carboxylic acids is 1. The highest BCUT2D eigenvalue weighted by Gasteiger charge is 2.58. The van der Waals surface area contributed by atoms with Gasteiger partial charge in [0, 0.05) is 37.6 Å². The first-order valence-corrected chi connectivity index (χ1v) is 8.33. The van der Waals surface area contributed by atoms with Gasteiger partial charge in [0.2, 0.25) is 0 Å². The van der Waals surface area contributed by atoms with Crippen molar-refractivity contribution in [3.8, 4) is 11.5 Å². The second kappa shape index (κ2) is 5.03. The number of ether oxygens (including phenoxy) is 2. The lowest BCUT2D eigenvalue weighted by Gasteiger charge is -2.44. The molecule has 0 N–H and O–H groups in total. The molecule has 0 amide bonds. The van der Waals surface area contributed by atoms with Crippen molar-refractivity contribution in [3.63, 3.8) is 0 Å². The fourth-order valence-electron chi connectivity index (χ4n) is 4.37. The van der Waals surface area contributed by atoms with E-state index in [0.29, 0.717) is 17.1 Å². The number of rotatable bonds is 2. The minimum atomic E-state index is -5.06. The molecule has 25 heavy (non-hydrogen) atoms. The number of hydrogen-bond donors (Lipinski definition) is 0. The van der Waals surface area contributed by atoms with Crippen LogP contribution >= 0.6 is 0 Å². The van der Waals surface area contributed by atoms with Crippen LogP contribution in [-0.4, -0.2) is 44.1 Å². The van der Waals surface area contributed by atoms with Crippen molar-refractivity contribution in [2.45, 2.75) is 30.9 Å². The van der Waals surface area contributed by atoms with Gasteiger partial charge >= 0.3 is 7.11 Å². The van der Waals surface area contributed by atoms with Crippen molar-refractivity contribution in [2.24, 2.45) is 0 Å². The minimum absolute atomic E-state index is 0.0433. The molecule has 4 rings (SSSR count). The Morgan fingerprint density at radius 3 is 2.80 bits per heavy atom. The zero-order valence-electron chi connectivity index (χ0n) is 14.1. The van der Waals surface area contributed by atoms with Crippen molar-refractivity contribution in [1.82, 2.24) is 0 Å². The number of benzene rings is 1. The maximum atomic E-state index is 13.8. The first-order valence-electron chi connectivity index (χ1n) is 8.33. The number of hydrogen-bond acceptors (Lipinski definition) is 3. The lowest BCUT2D eigenvalue weighted by Crippen LogP contribution is -2.59. The van der Waals surface area contributed by atoms with Crippen LogP contribution in [0.2, 0.25) is 0 Å². The fraction of sp³-hybridized carbons (Fsp3) is 0.471. The zero-order chi connectivity index (χ0) is 18.0. The van der Waals surface area contributed by atoms with Crippen LogP contribution in [0.25, 0.3) is 0 Å². The van der Waals surface area contributed by atoms with E-state index in [1.54, 1.807) is 18.2 Å². The molecule has 1 unspecified atom stereocenters. The summed E-state index contributed by atoms with van der Waals surface area (Å²) in [5.74, 6) is 0.931. The molecule has 0 bridgehead atoms. The Balaban J connectivity index is 1.95. The summed E-state index contributed by atoms with van der Waals surface area (Å²) in [5, 5.41) is 0. The van der Waals surface area contributed by atoms with Gasteiger partial charge in [0.15, 0.2) is 17.3 Å². The van der Waals surface area contributed by atoms with Gasteiger partial charge in [0.25, 0.3) is 0 Å². The van der Waals surface area contributed by atoms with Crippen molar-refractivity contribution in [2.75, 3.05) is 20.7 Å². The summed E-state index contributed by atoms with van der Waals surface area (Å²) >= 11 is 0. The molecule has 1 aromatic rings. The van der Waals surface area contributed by atoms with Crippen LogP contribution in [0.4, 0.5) is 12.9 Å². The Kier molecular flexibility index (Phi) is 3.32. The Hall–Kier alpha value is -1.96. The van der Waals surface area contributed by atoms with Gasteiger partial charge in [-0.2, -0.15) is 0 Å². The second-order valence-electron chi connectivity index (χ2n) is 7.43. The van der Waals surface area contributed by atoms with Gasteiger partial charge in [-0.15, -0.1) is 0 Å². The zero-order valence-corrected chi connectivity index (χ0v) is 14.1. The Morgan fingerprint density at radius 2 is 2.12 bits per heavy atom. The summed E-state index contributed by atoms with van der Waals surface area (Å²) in [6.07, 6.45) is 3.24. The van der Waals surface area contributed by atoms with Crippen LogP contribution in [0.3, 0.4) is 0 Å². The van der Waals surface area contributed by atoms with E-state index < -0.39 is 23.0 Å². The molecule has 1 spiro atoms. The highest BCUT2D eigenvalue weighted by molar-refractivity contribution is 6.50. The normalized spacial score (nSPS) is 33.3. The number of halogens is 3. The summed E-state index contributed by atoms with van der Waals surface area (Å²) in [6.45, 7) is -0.173. The van der Waals surface area contributed by atoms with Crippen molar-refractivity contribution in [1.29, 1.82) is 0 Å². The van der Waals surface area contributed by atoms with Crippen LogP contribution in [0.1, 0.15) is 24.0 Å². The van der Waals surface area contributed by atoms with E-state index in [1.807, 2.05) is 0 Å². The van der Waals surface area contributed by atoms with Gasteiger partial charge in [-0.25, -0.2) is 0 Å². The number of ketones is 1. The second-order valence-corrected chi connectivity index (χ2v) is 7.43. The summed E-state index contributed by atoms with van der Waals surface area (Å²) in [4.78, 5) is 11.9. The van der Waals surface area contributed by atoms with Crippen LogP contribution in [0.15, 0.2) is 24.3 Å². The van der Waals surface area contributed by atoms with E-state index in [1.165, 1.54) is 20.2 Å². The Bertz CT molecular complexity index is 794. The molecule has 0 saturated heterocycles. The average Bonchev–Trinajstić information content (AvgIpc) is 2.80. The summed E-state index contributed by atoms with van der Waals surface area (Å²) < 4.78 is 51.8. The van der Waals surface area contributed by atoms with Crippen LogP contribution < -0.4 is 9.47 Å². The van der Waals surface area contributed by atoms with Gasteiger partial charge in [-0.05, 0) is 18.2 Å². The molecule has 1 aliphatic carbocycles. The first kappa shape index (κ1) is 16.5. The molecule has 4 nitrogen and oxygen atoms in total. The maximum Gasteiger partial charge on any atom is 0.733 e. The van der Waals surface area contributed by atoms with E-state index in [2.05, 4.69) is 0 Å². The van der Waals surface area contributed by atoms with E-state index in [9.17, 15) is 17.7 Å². The van der Waals surface area contributed by atoms with E-state index in [4.69, 9.17) is 9.47 Å². The summed E-state index contributed by atoms with van der Waals surface area (Å²) in [5.41, 5.74) is 0.698. The largest absolute Gasteiger partial charge is 0.733 e. The van der Waals surface area contributed by atoms with Crippen molar-refractivity contribution in [3.05, 3.63) is 35.4 Å². The lowest BCUT2D eigenvalue weighted by atomic mass is 9.69. The first-order chi connectivity index (χ1) is 11.7. The predicted octanol–water partition coefficient (Wildman–Crippen LogP) is 2.92. The van der Waals surface area contributed by atoms with Gasteiger partial charge in [-0.3, -0.25) is 4.79 Å². The van der Waals surface area contributed by atoms with E-state index in [0.717, 1.165) is 5.56 Å². The topological polar surface area (TPSA) is 35.5 Å². The summed E-state index contributed by atoms with van der Waals surface area (Å²) in [6, 6.07) is 3.36. The number of methoxy groups -OCH3 is 1. The molecule has 0 radical (unpaired) electrons. The molecule has 2 aliphatic heterocycles. The monoisotopic (exact) mass is 353 g/mol. The van der Waals surface area contributed by atoms with Gasteiger partial charge in [-0.1, -0.05) is 6.08 Å². The third-order valence-electron chi connectivity index (χ3n) is 5.96. The molecule has 8 heteroatoms. The van der Waals surface area contributed by atoms with Gasteiger partial charge in [0.05, 0.1) is 19.1 Å². The number of nitrogens with zero attached hydrogens (tertiary/aromatic N) is 1. The smallest absolute Gasteiger partial charge is 0.493 e. The maximum absolute atomic E-state index is 13.8. The van der Waals surface area contributed by atoms with Gasteiger partial charge in [0.1, 0.15) is 6.10 Å². The SMILES string of the molecule is COc1ccc2c3c1O[C@H]1CC(=O)C=C[C@@]31CC[N+](C)([B-](F)(F)F)C2. The highest BCUT2D eigenvalue weighted by atomic mass is 19.4. The average molecular weight is 353 g/mol. The van der Waals surface area contributed by atoms with Crippen molar-refractivity contribution >= 4 is 12.9 Å². The van der Waals surface area contributed by atoms with Gasteiger partial charge < -0.3 is 26.8 Å². The molecular weight excluding hydrogens is 334 g/mol. The molecule has 2 heterocycles. The number of allylic oxidation sites excluding steroid dienone is 1. The molecule has 134 valence electrons. The lowest BCUT2D eigenvalue weighted by molar-refractivity contribution is -0.844. The molecule has 1 aromatic carbocycles. The molecular formula is C17H19BF3NO3. The van der Waals surface area contributed by atoms with Crippen molar-refractivity contribution < 1.29 is 31.6 Å². The number of carbonyl (C=O) groups is 1. The van der Waals surface area contributed by atoms with E-state index >= 15 is 0 Å². The quantitative estimate of drug-likeness (QED) is 0.767. The van der Waals surface area contributed by atoms with Crippen LogP contribution in [0, 0.1) is 0 Å². The third kappa shape index (κ3) is 2.16.